The zero-order valence-corrected chi connectivity index (χ0v) is 14.8. The fourth-order valence-electron chi connectivity index (χ4n) is 1.68. The molecule has 1 aromatic carbocycles. The first-order valence-electron chi connectivity index (χ1n) is 7.01. The fraction of sp³-hybridized carbons (Fsp3) is 0.353. The number of unbranched alkanes of at least 4 members (excludes halogenated alkanes) is 1. The zero-order chi connectivity index (χ0) is 16.4. The van der Waals surface area contributed by atoms with E-state index < -0.39 is 9.51 Å². The van der Waals surface area contributed by atoms with Gasteiger partial charge < -0.3 is 15.8 Å². The number of esters is 1. The summed E-state index contributed by atoms with van der Waals surface area (Å²) in [5.74, 6) is 2.15. The molecule has 0 aromatic heterocycles. The average Bonchev–Trinajstić information content (AvgIpc) is 2.48. The van der Waals surface area contributed by atoms with Gasteiger partial charge in [-0.05, 0) is 25.0 Å². The third-order valence-corrected chi connectivity index (χ3v) is 2.98. The van der Waals surface area contributed by atoms with Crippen molar-refractivity contribution in [2.45, 2.75) is 29.9 Å². The van der Waals surface area contributed by atoms with Crippen LogP contribution in [0.2, 0.25) is 0 Å². The molecule has 0 saturated carbocycles. The number of carbonyl (C=O) groups is 1. The predicted octanol–water partition coefficient (Wildman–Crippen LogP) is 2.73. The molecule has 1 aromatic rings. The Morgan fingerprint density at radius 2 is 2.18 bits per heavy atom. The first kappa shape index (κ1) is 18.5. The lowest BCUT2D eigenvalue weighted by atomic mass is 10.2. The fourth-order valence-corrected chi connectivity index (χ4v) is 1.99. The minimum Gasteiger partial charge on any atom is -0.456 e. The smallest absolute Gasteiger partial charge is 0.354 e. The summed E-state index contributed by atoms with van der Waals surface area (Å²) in [5.41, 5.74) is 7.25. The van der Waals surface area contributed by atoms with Crippen molar-refractivity contribution in [1.29, 1.82) is 0 Å². The Bertz CT molecular complexity index is 542. The highest BCUT2D eigenvalue weighted by molar-refractivity contribution is 14.1. The Labute approximate surface area is 145 Å². The second-order valence-electron chi connectivity index (χ2n) is 5.01. The van der Waals surface area contributed by atoms with E-state index in [1.807, 2.05) is 30.3 Å². The number of halogens is 1. The number of hydrogen-bond acceptors (Lipinski definition) is 4. The molecule has 0 heterocycles. The summed E-state index contributed by atoms with van der Waals surface area (Å²) >= 11 is 2.05. The van der Waals surface area contributed by atoms with Gasteiger partial charge in [-0.25, -0.2) is 4.79 Å². The average molecular weight is 412 g/mol. The third kappa shape index (κ3) is 8.05. The van der Waals surface area contributed by atoms with Crippen LogP contribution in [-0.4, -0.2) is 16.1 Å². The van der Waals surface area contributed by atoms with Crippen LogP contribution < -0.4 is 11.1 Å². The maximum atomic E-state index is 12.2. The van der Waals surface area contributed by atoms with Gasteiger partial charge in [0.15, 0.2) is 0 Å². The van der Waals surface area contributed by atoms with Gasteiger partial charge >= 0.3 is 5.97 Å². The molecule has 22 heavy (non-hydrogen) atoms. The molecule has 1 unspecified atom stereocenters. The molecular weight excluding hydrogens is 391 g/mol. The molecule has 1 atom stereocenters. The highest BCUT2D eigenvalue weighted by Gasteiger charge is 2.17. The van der Waals surface area contributed by atoms with Gasteiger partial charge in [0, 0.05) is 13.0 Å². The molecule has 0 saturated heterocycles. The number of rotatable bonds is 8. The summed E-state index contributed by atoms with van der Waals surface area (Å²) in [7, 11) is 0. The van der Waals surface area contributed by atoms with Gasteiger partial charge in [0.25, 0.3) is 0 Å². The summed E-state index contributed by atoms with van der Waals surface area (Å²) in [5, 5.41) is 3.05. The maximum Gasteiger partial charge on any atom is 0.354 e. The topological polar surface area (TPSA) is 64.3 Å². The number of nitrogens with one attached hydrogen (secondary N) is 1. The number of nitrogens with two attached hydrogens (primary N) is 1. The lowest BCUT2D eigenvalue weighted by Crippen LogP contribution is -2.31. The monoisotopic (exact) mass is 412 g/mol. The Balaban J connectivity index is 2.63. The first-order valence-corrected chi connectivity index (χ1v) is 8.09. The van der Waals surface area contributed by atoms with Gasteiger partial charge in [-0.1, -0.05) is 52.9 Å². The third-order valence-electron chi connectivity index (χ3n) is 2.67. The van der Waals surface area contributed by atoms with Crippen LogP contribution >= 0.6 is 22.6 Å². The van der Waals surface area contributed by atoms with E-state index >= 15 is 0 Å². The Hall–Kier alpha value is -1.52. The van der Waals surface area contributed by atoms with Crippen molar-refractivity contribution in [3.63, 3.8) is 0 Å². The standard InChI is InChI=1S/C17H21IN2O2/c1-3-4-8-11-20-15(12-17(2,18)19)16(21)22-13-14-9-6-5-7-10-14/h1,5-7,9-10,12,20H,4,8,11,13,19H2,2H3/b15-12-. The van der Waals surface area contributed by atoms with Crippen LogP contribution in [-0.2, 0) is 16.1 Å². The first-order chi connectivity index (χ1) is 10.4. The van der Waals surface area contributed by atoms with Crippen LogP contribution in [0.1, 0.15) is 25.3 Å². The van der Waals surface area contributed by atoms with E-state index in [9.17, 15) is 4.79 Å². The minimum absolute atomic E-state index is 0.228. The second-order valence-corrected chi connectivity index (χ2v) is 7.33. The van der Waals surface area contributed by atoms with Crippen molar-refractivity contribution >= 4 is 28.6 Å². The molecule has 0 amide bonds. The van der Waals surface area contributed by atoms with Crippen LogP contribution in [0, 0.1) is 12.3 Å². The Morgan fingerprint density at radius 3 is 2.77 bits per heavy atom. The van der Waals surface area contributed by atoms with Crippen LogP contribution in [0.25, 0.3) is 0 Å². The molecule has 0 aliphatic rings. The van der Waals surface area contributed by atoms with E-state index in [0.717, 1.165) is 12.0 Å². The molecule has 4 nitrogen and oxygen atoms in total. The van der Waals surface area contributed by atoms with Gasteiger partial charge in [0.05, 0.1) is 3.55 Å². The van der Waals surface area contributed by atoms with E-state index in [1.54, 1.807) is 13.0 Å². The van der Waals surface area contributed by atoms with E-state index in [0.29, 0.717) is 18.7 Å². The lowest BCUT2D eigenvalue weighted by molar-refractivity contribution is -0.140. The van der Waals surface area contributed by atoms with Crippen molar-refractivity contribution in [1.82, 2.24) is 5.32 Å². The van der Waals surface area contributed by atoms with Crippen molar-refractivity contribution < 1.29 is 9.53 Å². The van der Waals surface area contributed by atoms with Crippen LogP contribution in [0.4, 0.5) is 0 Å². The molecule has 1 rings (SSSR count). The van der Waals surface area contributed by atoms with Crippen molar-refractivity contribution in [3.8, 4) is 12.3 Å². The summed E-state index contributed by atoms with van der Waals surface area (Å²) in [6, 6.07) is 9.53. The molecule has 0 fully saturated rings. The number of alkyl halides is 1. The van der Waals surface area contributed by atoms with E-state index in [2.05, 4.69) is 33.8 Å². The summed E-state index contributed by atoms with van der Waals surface area (Å²) < 4.78 is 4.68. The van der Waals surface area contributed by atoms with Crippen LogP contribution in [0.5, 0.6) is 0 Å². The minimum atomic E-state index is -0.641. The van der Waals surface area contributed by atoms with E-state index in [4.69, 9.17) is 16.9 Å². The van der Waals surface area contributed by atoms with Gasteiger partial charge in [-0.2, -0.15) is 0 Å². The van der Waals surface area contributed by atoms with Crippen LogP contribution in [0.15, 0.2) is 42.1 Å². The molecule has 0 aliphatic heterocycles. The largest absolute Gasteiger partial charge is 0.456 e. The molecule has 0 radical (unpaired) electrons. The summed E-state index contributed by atoms with van der Waals surface area (Å²) in [6.45, 7) is 2.63. The molecule has 0 bridgehead atoms. The van der Waals surface area contributed by atoms with Gasteiger partial charge in [0.2, 0.25) is 0 Å². The Kier molecular flexibility index (Phi) is 7.99. The maximum absolute atomic E-state index is 12.2. The van der Waals surface area contributed by atoms with E-state index in [1.165, 1.54) is 0 Å². The quantitative estimate of drug-likeness (QED) is 0.131. The SMILES string of the molecule is C#CCCCN/C(=C\C(C)(N)I)C(=O)OCc1ccccc1. The molecule has 3 N–H and O–H groups in total. The molecule has 0 aliphatic carbocycles. The number of hydrogen-bond donors (Lipinski definition) is 2. The van der Waals surface area contributed by atoms with Gasteiger partial charge in [-0.15, -0.1) is 12.3 Å². The molecule has 0 spiro atoms. The van der Waals surface area contributed by atoms with Crippen molar-refractivity contribution in [3.05, 3.63) is 47.7 Å². The lowest BCUT2D eigenvalue weighted by Gasteiger charge is -2.16. The molecule has 5 heteroatoms. The normalized spacial score (nSPS) is 13.8. The predicted molar refractivity (Wildman–Crippen MR) is 97.0 cm³/mol. The van der Waals surface area contributed by atoms with Gasteiger partial charge in [0.1, 0.15) is 12.3 Å². The summed E-state index contributed by atoms with van der Waals surface area (Å²) in [4.78, 5) is 12.2. The zero-order valence-electron chi connectivity index (χ0n) is 12.6. The number of benzene rings is 1. The second kappa shape index (κ2) is 9.49. The highest BCUT2D eigenvalue weighted by Crippen LogP contribution is 2.14. The van der Waals surface area contributed by atoms with Crippen molar-refractivity contribution in [2.24, 2.45) is 5.73 Å². The number of carbonyl (C=O) groups excluding carboxylic acids is 1. The number of terminal acetylenes is 1. The van der Waals surface area contributed by atoms with Crippen molar-refractivity contribution in [2.75, 3.05) is 6.54 Å². The van der Waals surface area contributed by atoms with E-state index in [-0.39, 0.29) is 6.61 Å². The van der Waals surface area contributed by atoms with Crippen LogP contribution in [0.3, 0.4) is 0 Å². The summed E-state index contributed by atoms with van der Waals surface area (Å²) in [6.07, 6.45) is 8.31. The van der Waals surface area contributed by atoms with Gasteiger partial charge in [-0.3, -0.25) is 0 Å². The highest BCUT2D eigenvalue weighted by atomic mass is 127. The Morgan fingerprint density at radius 1 is 1.50 bits per heavy atom. The molecule has 118 valence electrons. The number of ether oxygens (including phenoxy) is 1. The molecular formula is C17H21IN2O2.